The maximum atomic E-state index is 5.33. The minimum atomic E-state index is 0.623. The van der Waals surface area contributed by atoms with E-state index in [4.69, 9.17) is 12.2 Å². The highest BCUT2D eigenvalue weighted by Crippen LogP contribution is 2.37. The van der Waals surface area contributed by atoms with Crippen LogP contribution in [0.15, 0.2) is 0 Å². The number of aromatic nitrogens is 3. The van der Waals surface area contributed by atoms with E-state index in [-0.39, 0.29) is 0 Å². The smallest absolute Gasteiger partial charge is 0.195 e. The van der Waals surface area contributed by atoms with Crippen LogP contribution in [-0.4, -0.2) is 14.8 Å². The molecule has 0 bridgehead atoms. The van der Waals surface area contributed by atoms with E-state index in [0.717, 1.165) is 23.7 Å². The number of hydrogen-bond donors (Lipinski definition) is 1. The Morgan fingerprint density at radius 3 is 2.58 bits per heavy atom. The molecule has 0 unspecified atom stereocenters. The molecular weight excluding hydrogens is 254 g/mol. The van der Waals surface area contributed by atoms with Gasteiger partial charge in [0, 0.05) is 12.5 Å². The van der Waals surface area contributed by atoms with Crippen LogP contribution in [0, 0.1) is 10.7 Å². The number of hydrogen-bond acceptors (Lipinski definition) is 2. The third-order valence-corrected chi connectivity index (χ3v) is 4.72. The average molecular weight is 281 g/mol. The van der Waals surface area contributed by atoms with Crippen molar-refractivity contribution >= 4 is 12.2 Å². The lowest BCUT2D eigenvalue weighted by atomic mass is 9.79. The summed E-state index contributed by atoms with van der Waals surface area (Å²) in [7, 11) is 0. The van der Waals surface area contributed by atoms with Crippen LogP contribution in [0.5, 0.6) is 0 Å². The second kappa shape index (κ2) is 7.22. The van der Waals surface area contributed by atoms with Crippen molar-refractivity contribution in [3.8, 4) is 0 Å². The molecule has 1 fully saturated rings. The van der Waals surface area contributed by atoms with Gasteiger partial charge in [-0.05, 0) is 50.2 Å². The quantitative estimate of drug-likeness (QED) is 0.759. The van der Waals surface area contributed by atoms with E-state index in [1.807, 2.05) is 0 Å². The molecule has 3 nitrogen and oxygen atoms in total. The van der Waals surface area contributed by atoms with Crippen LogP contribution in [0.2, 0.25) is 0 Å². The van der Waals surface area contributed by atoms with Crippen molar-refractivity contribution in [1.82, 2.24) is 14.8 Å². The van der Waals surface area contributed by atoms with Crippen LogP contribution in [0.1, 0.15) is 77.0 Å². The zero-order valence-corrected chi connectivity index (χ0v) is 13.1. The molecule has 0 radical (unpaired) electrons. The Morgan fingerprint density at radius 2 is 1.95 bits per heavy atom. The highest BCUT2D eigenvalue weighted by Gasteiger charge is 2.25. The summed E-state index contributed by atoms with van der Waals surface area (Å²) in [5.41, 5.74) is 0. The maximum Gasteiger partial charge on any atom is 0.195 e. The molecule has 1 aliphatic carbocycles. The second-order valence-corrected chi connectivity index (χ2v) is 6.29. The second-order valence-electron chi connectivity index (χ2n) is 5.90. The highest BCUT2D eigenvalue weighted by molar-refractivity contribution is 7.71. The molecule has 0 aliphatic heterocycles. The topological polar surface area (TPSA) is 33.6 Å². The molecule has 1 N–H and O–H groups in total. The van der Waals surface area contributed by atoms with Crippen molar-refractivity contribution in [2.24, 2.45) is 5.92 Å². The predicted octanol–water partition coefficient (Wildman–Crippen LogP) is 4.81. The molecule has 108 valence electrons. The highest BCUT2D eigenvalue weighted by atomic mass is 32.1. The molecule has 1 heterocycles. The summed E-state index contributed by atoms with van der Waals surface area (Å²) in [5.74, 6) is 2.79. The lowest BCUT2D eigenvalue weighted by Crippen LogP contribution is -2.17. The summed E-state index contributed by atoms with van der Waals surface area (Å²) in [6.45, 7) is 5.48. The van der Waals surface area contributed by atoms with Crippen molar-refractivity contribution < 1.29 is 0 Å². The molecule has 0 saturated heterocycles. The van der Waals surface area contributed by atoms with Crippen LogP contribution in [0.3, 0.4) is 0 Å². The third-order valence-electron chi connectivity index (χ3n) is 4.41. The lowest BCUT2D eigenvalue weighted by Gasteiger charge is -2.28. The number of rotatable bonds is 6. The van der Waals surface area contributed by atoms with Crippen LogP contribution in [0.4, 0.5) is 0 Å². The first-order valence-corrected chi connectivity index (χ1v) is 8.32. The van der Waals surface area contributed by atoms with Gasteiger partial charge in [-0.25, -0.2) is 0 Å². The standard InChI is InChI=1S/C15H27N3S/c1-3-5-6-12-7-9-13(10-8-12)14-16-17-15(19)18(14)11-4-2/h12-13H,3-11H2,1-2H3,(H,17,19). The Labute approximate surface area is 121 Å². The van der Waals surface area contributed by atoms with Crippen molar-refractivity contribution in [2.75, 3.05) is 0 Å². The van der Waals surface area contributed by atoms with Gasteiger partial charge in [0.15, 0.2) is 4.77 Å². The first-order chi connectivity index (χ1) is 9.26. The van der Waals surface area contributed by atoms with E-state index in [0.29, 0.717) is 5.92 Å². The first-order valence-electron chi connectivity index (χ1n) is 7.91. The Morgan fingerprint density at radius 1 is 1.21 bits per heavy atom. The van der Waals surface area contributed by atoms with Gasteiger partial charge in [0.1, 0.15) is 5.82 Å². The van der Waals surface area contributed by atoms with Gasteiger partial charge < -0.3 is 4.57 Å². The van der Waals surface area contributed by atoms with Crippen molar-refractivity contribution in [1.29, 1.82) is 0 Å². The minimum absolute atomic E-state index is 0.623. The van der Waals surface area contributed by atoms with Crippen LogP contribution in [-0.2, 0) is 6.54 Å². The summed E-state index contributed by atoms with van der Waals surface area (Å²) < 4.78 is 3.01. The Bertz CT molecular complexity index is 427. The van der Waals surface area contributed by atoms with Gasteiger partial charge in [0.05, 0.1) is 0 Å². The lowest BCUT2D eigenvalue weighted by molar-refractivity contribution is 0.294. The Hall–Kier alpha value is -0.640. The summed E-state index contributed by atoms with van der Waals surface area (Å²) in [5, 5.41) is 7.47. The van der Waals surface area contributed by atoms with Gasteiger partial charge in [-0.3, -0.25) is 5.10 Å². The van der Waals surface area contributed by atoms with E-state index in [1.165, 1.54) is 50.8 Å². The van der Waals surface area contributed by atoms with Crippen LogP contribution < -0.4 is 0 Å². The SMILES string of the molecule is CCCCC1CCC(c2n[nH]c(=S)n2CCC)CC1. The summed E-state index contributed by atoms with van der Waals surface area (Å²) >= 11 is 5.33. The zero-order valence-electron chi connectivity index (χ0n) is 12.3. The van der Waals surface area contributed by atoms with Crippen molar-refractivity contribution in [2.45, 2.75) is 77.7 Å². The molecule has 1 aliphatic rings. The third kappa shape index (κ3) is 3.68. The molecular formula is C15H27N3S. The van der Waals surface area contributed by atoms with Crippen molar-refractivity contribution in [3.05, 3.63) is 10.6 Å². The fourth-order valence-corrected chi connectivity index (χ4v) is 3.51. The number of unbranched alkanes of at least 4 members (excludes halogenated alkanes) is 1. The largest absolute Gasteiger partial charge is 0.304 e. The molecule has 1 aromatic rings. The van der Waals surface area contributed by atoms with E-state index >= 15 is 0 Å². The summed E-state index contributed by atoms with van der Waals surface area (Å²) in [6, 6.07) is 0. The van der Waals surface area contributed by atoms with E-state index in [9.17, 15) is 0 Å². The molecule has 4 heteroatoms. The molecule has 19 heavy (non-hydrogen) atoms. The van der Waals surface area contributed by atoms with Crippen LogP contribution in [0.25, 0.3) is 0 Å². The van der Waals surface area contributed by atoms with Gasteiger partial charge in [-0.1, -0.05) is 33.1 Å². The van der Waals surface area contributed by atoms with Gasteiger partial charge in [0.2, 0.25) is 0 Å². The molecule has 1 aromatic heterocycles. The first kappa shape index (κ1) is 14.8. The van der Waals surface area contributed by atoms with Crippen molar-refractivity contribution in [3.63, 3.8) is 0 Å². The fraction of sp³-hybridized carbons (Fsp3) is 0.867. The van der Waals surface area contributed by atoms with E-state index < -0.39 is 0 Å². The minimum Gasteiger partial charge on any atom is -0.304 e. The van der Waals surface area contributed by atoms with Gasteiger partial charge in [-0.15, -0.1) is 0 Å². The monoisotopic (exact) mass is 281 g/mol. The Kier molecular flexibility index (Phi) is 5.61. The molecule has 0 atom stereocenters. The normalized spacial score (nSPS) is 23.7. The number of aromatic amines is 1. The molecule has 0 amide bonds. The number of nitrogens with zero attached hydrogens (tertiary/aromatic N) is 2. The Balaban J connectivity index is 1.96. The van der Waals surface area contributed by atoms with E-state index in [2.05, 4.69) is 28.6 Å². The average Bonchev–Trinajstić information content (AvgIpc) is 2.79. The molecule has 1 saturated carbocycles. The molecule has 0 aromatic carbocycles. The summed E-state index contributed by atoms with van der Waals surface area (Å²) in [4.78, 5) is 0. The fourth-order valence-electron chi connectivity index (χ4n) is 3.28. The summed E-state index contributed by atoms with van der Waals surface area (Å²) in [6.07, 6.45) is 10.6. The number of nitrogens with one attached hydrogen (secondary N) is 1. The number of H-pyrrole nitrogens is 1. The zero-order chi connectivity index (χ0) is 13.7. The van der Waals surface area contributed by atoms with Gasteiger partial charge >= 0.3 is 0 Å². The molecule has 2 rings (SSSR count). The maximum absolute atomic E-state index is 5.33. The van der Waals surface area contributed by atoms with Crippen LogP contribution >= 0.6 is 12.2 Å². The van der Waals surface area contributed by atoms with Gasteiger partial charge in [0.25, 0.3) is 0 Å². The molecule has 0 spiro atoms. The van der Waals surface area contributed by atoms with Gasteiger partial charge in [-0.2, -0.15) is 5.10 Å². The predicted molar refractivity (Wildman–Crippen MR) is 81.9 cm³/mol. The van der Waals surface area contributed by atoms with E-state index in [1.54, 1.807) is 0 Å².